The molecular weight excluding hydrogens is 309 g/mol. The van der Waals surface area contributed by atoms with Gasteiger partial charge in [-0.25, -0.2) is 9.67 Å². The summed E-state index contributed by atoms with van der Waals surface area (Å²) in [5, 5.41) is 6.52. The molecule has 1 aromatic carbocycles. The Kier molecular flexibility index (Phi) is 4.11. The average molecular weight is 321 g/mol. The molecule has 2 heterocycles. The summed E-state index contributed by atoms with van der Waals surface area (Å²) in [6.07, 6.45) is -3.51. The van der Waals surface area contributed by atoms with E-state index in [1.54, 1.807) is 12.1 Å². The van der Waals surface area contributed by atoms with Gasteiger partial charge in [-0.2, -0.15) is 13.2 Å². The van der Waals surface area contributed by atoms with Gasteiger partial charge in [-0.1, -0.05) is 6.07 Å². The van der Waals surface area contributed by atoms with E-state index in [9.17, 15) is 13.2 Å². The van der Waals surface area contributed by atoms with E-state index in [1.807, 2.05) is 13.1 Å². The molecule has 2 aromatic rings. The molecule has 0 fully saturated rings. The summed E-state index contributed by atoms with van der Waals surface area (Å²) in [5.74, 6) is -0.516. The summed E-state index contributed by atoms with van der Waals surface area (Å²) in [6, 6.07) is 5.25. The predicted molar refractivity (Wildman–Crippen MR) is 70.9 cm³/mol. The van der Waals surface area contributed by atoms with Gasteiger partial charge in [0.1, 0.15) is 18.7 Å². The first kappa shape index (κ1) is 15.6. The Hall–Kier alpha value is -1.80. The fraction of sp³-hybridized carbons (Fsp3) is 0.333. The lowest BCUT2D eigenvalue weighted by Gasteiger charge is -2.07. The first-order chi connectivity index (χ1) is 9.49. The number of alkyl halides is 3. The van der Waals surface area contributed by atoms with Crippen LogP contribution in [0.4, 0.5) is 13.2 Å². The van der Waals surface area contributed by atoms with Gasteiger partial charge in [-0.3, -0.25) is 0 Å². The van der Waals surface area contributed by atoms with Crippen molar-refractivity contribution in [3.63, 3.8) is 0 Å². The lowest BCUT2D eigenvalue weighted by atomic mass is 10.1. The molecule has 114 valence electrons. The van der Waals surface area contributed by atoms with E-state index in [1.165, 1.54) is 0 Å². The van der Waals surface area contributed by atoms with Crippen LogP contribution in [0.1, 0.15) is 17.4 Å². The molecule has 1 atom stereocenters. The quantitative estimate of drug-likeness (QED) is 0.923. The van der Waals surface area contributed by atoms with Crippen molar-refractivity contribution in [2.75, 3.05) is 13.7 Å². The number of nitrogens with one attached hydrogen (secondary N) is 1. The Labute approximate surface area is 124 Å². The van der Waals surface area contributed by atoms with E-state index < -0.39 is 12.0 Å². The van der Waals surface area contributed by atoms with Crippen LogP contribution in [0.2, 0.25) is 0 Å². The SMILES string of the molecule is CN[C@@H]1COc2cc(-n3cnc(C(F)(F)F)n3)ccc21.Cl. The van der Waals surface area contributed by atoms with Crippen molar-refractivity contribution >= 4 is 12.4 Å². The van der Waals surface area contributed by atoms with Gasteiger partial charge in [0.25, 0.3) is 5.82 Å². The highest BCUT2D eigenvalue weighted by Crippen LogP contribution is 2.34. The maximum Gasteiger partial charge on any atom is 0.453 e. The summed E-state index contributed by atoms with van der Waals surface area (Å²) >= 11 is 0. The van der Waals surface area contributed by atoms with Gasteiger partial charge in [0.2, 0.25) is 0 Å². The highest BCUT2D eigenvalue weighted by atomic mass is 35.5. The molecule has 0 aliphatic carbocycles. The number of nitrogens with zero attached hydrogens (tertiary/aromatic N) is 3. The molecule has 0 unspecified atom stereocenters. The number of hydrogen-bond donors (Lipinski definition) is 1. The van der Waals surface area contributed by atoms with Crippen LogP contribution in [-0.4, -0.2) is 28.4 Å². The molecule has 1 aliphatic heterocycles. The van der Waals surface area contributed by atoms with Gasteiger partial charge in [-0.05, 0) is 13.1 Å². The van der Waals surface area contributed by atoms with E-state index in [2.05, 4.69) is 15.4 Å². The van der Waals surface area contributed by atoms with Gasteiger partial charge in [-0.15, -0.1) is 17.5 Å². The summed E-state index contributed by atoms with van der Waals surface area (Å²) in [4.78, 5) is 3.26. The Bertz CT molecular complexity index is 644. The summed E-state index contributed by atoms with van der Waals surface area (Å²) in [7, 11) is 1.82. The number of hydrogen-bond acceptors (Lipinski definition) is 4. The van der Waals surface area contributed by atoms with Crippen LogP contribution in [-0.2, 0) is 6.18 Å². The topological polar surface area (TPSA) is 52.0 Å². The Morgan fingerprint density at radius 3 is 2.76 bits per heavy atom. The molecule has 0 saturated carbocycles. The van der Waals surface area contributed by atoms with Crippen molar-refractivity contribution < 1.29 is 17.9 Å². The van der Waals surface area contributed by atoms with Gasteiger partial charge < -0.3 is 10.1 Å². The van der Waals surface area contributed by atoms with Crippen LogP contribution in [0.5, 0.6) is 5.75 Å². The van der Waals surface area contributed by atoms with Gasteiger partial charge in [0.05, 0.1) is 11.7 Å². The molecule has 0 spiro atoms. The molecule has 1 aliphatic rings. The Balaban J connectivity index is 0.00000161. The zero-order valence-electron chi connectivity index (χ0n) is 10.9. The minimum atomic E-state index is -4.55. The predicted octanol–water partition coefficient (Wildman–Crippen LogP) is 2.36. The smallest absolute Gasteiger partial charge is 0.453 e. The zero-order valence-corrected chi connectivity index (χ0v) is 11.7. The third-order valence-corrected chi connectivity index (χ3v) is 3.14. The van der Waals surface area contributed by atoms with Crippen molar-refractivity contribution in [2.45, 2.75) is 12.2 Å². The van der Waals surface area contributed by atoms with Crippen molar-refractivity contribution in [1.29, 1.82) is 0 Å². The first-order valence-corrected chi connectivity index (χ1v) is 5.92. The number of ether oxygens (including phenoxy) is 1. The largest absolute Gasteiger partial charge is 0.491 e. The molecule has 9 heteroatoms. The molecular formula is C12H12ClF3N4O. The van der Waals surface area contributed by atoms with E-state index in [0.29, 0.717) is 18.0 Å². The normalized spacial score (nSPS) is 17.0. The van der Waals surface area contributed by atoms with Crippen molar-refractivity contribution in [1.82, 2.24) is 20.1 Å². The van der Waals surface area contributed by atoms with Crippen molar-refractivity contribution in [2.24, 2.45) is 0 Å². The van der Waals surface area contributed by atoms with Crippen LogP contribution in [0.3, 0.4) is 0 Å². The molecule has 0 bridgehead atoms. The third kappa shape index (κ3) is 2.81. The maximum absolute atomic E-state index is 12.5. The highest BCUT2D eigenvalue weighted by Gasteiger charge is 2.36. The van der Waals surface area contributed by atoms with Gasteiger partial charge >= 0.3 is 6.18 Å². The number of aromatic nitrogens is 3. The van der Waals surface area contributed by atoms with E-state index >= 15 is 0 Å². The van der Waals surface area contributed by atoms with Gasteiger partial charge in [0, 0.05) is 11.6 Å². The molecule has 0 saturated heterocycles. The van der Waals surface area contributed by atoms with Crippen LogP contribution in [0.25, 0.3) is 5.69 Å². The third-order valence-electron chi connectivity index (χ3n) is 3.14. The second kappa shape index (κ2) is 5.53. The minimum Gasteiger partial charge on any atom is -0.491 e. The highest BCUT2D eigenvalue weighted by molar-refractivity contribution is 5.85. The van der Waals surface area contributed by atoms with E-state index in [0.717, 1.165) is 16.6 Å². The molecule has 1 N–H and O–H groups in total. The van der Waals surface area contributed by atoms with E-state index in [-0.39, 0.29) is 18.4 Å². The number of fused-ring (bicyclic) bond motifs is 1. The van der Waals surface area contributed by atoms with Crippen LogP contribution in [0, 0.1) is 0 Å². The standard InChI is InChI=1S/C12H11F3N4O.ClH/c1-16-9-5-20-10-4-7(2-3-8(9)10)19-6-17-11(18-19)12(13,14)15;/h2-4,6,9,16H,5H2,1H3;1H/t9-;/m1./s1. The summed E-state index contributed by atoms with van der Waals surface area (Å²) < 4.78 is 44.0. The first-order valence-electron chi connectivity index (χ1n) is 5.92. The number of benzene rings is 1. The molecule has 21 heavy (non-hydrogen) atoms. The molecule has 3 rings (SSSR count). The summed E-state index contributed by atoms with van der Waals surface area (Å²) in [5.41, 5.74) is 1.45. The number of rotatable bonds is 2. The minimum absolute atomic E-state index is 0. The molecule has 5 nitrogen and oxygen atoms in total. The van der Waals surface area contributed by atoms with Crippen LogP contribution in [0.15, 0.2) is 24.5 Å². The Morgan fingerprint density at radius 1 is 1.38 bits per heavy atom. The lowest BCUT2D eigenvalue weighted by molar-refractivity contribution is -0.144. The molecule has 1 aromatic heterocycles. The fourth-order valence-electron chi connectivity index (χ4n) is 2.10. The fourth-order valence-corrected chi connectivity index (χ4v) is 2.10. The van der Waals surface area contributed by atoms with Crippen molar-refractivity contribution in [3.8, 4) is 11.4 Å². The average Bonchev–Trinajstić information content (AvgIpc) is 3.04. The summed E-state index contributed by atoms with van der Waals surface area (Å²) in [6.45, 7) is 0.500. The zero-order chi connectivity index (χ0) is 14.3. The van der Waals surface area contributed by atoms with E-state index in [4.69, 9.17) is 4.74 Å². The number of likely N-dealkylation sites (N-methyl/N-ethyl adjacent to an activating group) is 1. The second-order valence-corrected chi connectivity index (χ2v) is 4.38. The monoisotopic (exact) mass is 320 g/mol. The van der Waals surface area contributed by atoms with Crippen LogP contribution < -0.4 is 10.1 Å². The number of halogens is 4. The van der Waals surface area contributed by atoms with Crippen LogP contribution >= 0.6 is 12.4 Å². The van der Waals surface area contributed by atoms with Gasteiger partial charge in [0.15, 0.2) is 0 Å². The molecule has 0 radical (unpaired) electrons. The Morgan fingerprint density at radius 2 is 2.14 bits per heavy atom. The molecule has 0 amide bonds. The maximum atomic E-state index is 12.5. The van der Waals surface area contributed by atoms with Crippen molar-refractivity contribution in [3.05, 3.63) is 35.9 Å². The lowest BCUT2D eigenvalue weighted by Crippen LogP contribution is -2.17. The second-order valence-electron chi connectivity index (χ2n) is 4.38.